The topological polar surface area (TPSA) is 46.9 Å². The van der Waals surface area contributed by atoms with E-state index in [9.17, 15) is 4.79 Å². The average molecular weight is 290 g/mol. The molecule has 0 aliphatic heterocycles. The van der Waals surface area contributed by atoms with Crippen LogP contribution in [0, 0.1) is 6.92 Å². The molecule has 20 heavy (non-hydrogen) atoms. The summed E-state index contributed by atoms with van der Waals surface area (Å²) < 4.78 is 1.70. The number of halogens is 1. The predicted octanol–water partition coefficient (Wildman–Crippen LogP) is 2.80. The zero-order chi connectivity index (χ0) is 14.3. The molecule has 0 spiro atoms. The second-order valence-electron chi connectivity index (χ2n) is 5.34. The van der Waals surface area contributed by atoms with Crippen LogP contribution in [0.25, 0.3) is 0 Å². The number of carbonyl (C=O) groups is 1. The molecule has 1 aliphatic rings. The number of hydrogen-bond donors (Lipinski definition) is 1. The van der Waals surface area contributed by atoms with Crippen molar-refractivity contribution >= 4 is 17.5 Å². The van der Waals surface area contributed by atoms with Crippen LogP contribution >= 0.6 is 11.6 Å². The third-order valence-electron chi connectivity index (χ3n) is 3.83. The van der Waals surface area contributed by atoms with E-state index in [1.165, 1.54) is 0 Å². The van der Waals surface area contributed by atoms with Crippen molar-refractivity contribution in [2.24, 2.45) is 7.05 Å². The van der Waals surface area contributed by atoms with E-state index in [0.29, 0.717) is 10.7 Å². The van der Waals surface area contributed by atoms with E-state index in [1.54, 1.807) is 10.7 Å². The van der Waals surface area contributed by atoms with Crippen molar-refractivity contribution < 1.29 is 4.79 Å². The monoisotopic (exact) mass is 289 g/mol. The summed E-state index contributed by atoms with van der Waals surface area (Å²) in [5.74, 6) is -0.133. The lowest BCUT2D eigenvalue weighted by Crippen LogP contribution is -2.35. The van der Waals surface area contributed by atoms with Gasteiger partial charge in [0.1, 0.15) is 5.69 Å². The maximum absolute atomic E-state index is 12.3. The predicted molar refractivity (Wildman–Crippen MR) is 77.8 cm³/mol. The summed E-state index contributed by atoms with van der Waals surface area (Å²) >= 11 is 6.03. The highest BCUT2D eigenvalue weighted by Gasteiger charge is 2.46. The molecular weight excluding hydrogens is 274 g/mol. The van der Waals surface area contributed by atoms with Crippen LogP contribution in [0.1, 0.15) is 34.6 Å². The van der Waals surface area contributed by atoms with E-state index in [1.807, 2.05) is 38.2 Å². The molecule has 0 bridgehead atoms. The Bertz CT molecular complexity index is 654. The van der Waals surface area contributed by atoms with E-state index >= 15 is 0 Å². The van der Waals surface area contributed by atoms with Gasteiger partial charge in [0.05, 0.1) is 5.54 Å². The van der Waals surface area contributed by atoms with Crippen LogP contribution in [0.2, 0.25) is 5.02 Å². The molecule has 3 rings (SSSR count). The molecule has 2 aromatic rings. The number of nitrogens with one attached hydrogen (secondary N) is 1. The minimum Gasteiger partial charge on any atom is -0.341 e. The molecule has 104 valence electrons. The largest absolute Gasteiger partial charge is 0.341 e. The third kappa shape index (κ3) is 2.31. The summed E-state index contributed by atoms with van der Waals surface area (Å²) in [6, 6.07) is 9.46. The Labute approximate surface area is 122 Å². The van der Waals surface area contributed by atoms with Crippen LogP contribution < -0.4 is 5.32 Å². The number of aromatic nitrogens is 2. The van der Waals surface area contributed by atoms with Crippen molar-refractivity contribution in [1.29, 1.82) is 0 Å². The van der Waals surface area contributed by atoms with Crippen molar-refractivity contribution in [1.82, 2.24) is 15.1 Å². The van der Waals surface area contributed by atoms with E-state index in [-0.39, 0.29) is 11.4 Å². The van der Waals surface area contributed by atoms with Gasteiger partial charge in [-0.15, -0.1) is 0 Å². The standard InChI is InChI=1S/C15H16ClN3O/c1-10-8-13(18-19(10)2)14(20)17-15(6-7-15)11-4-3-5-12(16)9-11/h3-5,8-9H,6-7H2,1-2H3,(H,17,20). The number of rotatable bonds is 3. The molecule has 0 atom stereocenters. The Hall–Kier alpha value is -1.81. The summed E-state index contributed by atoms with van der Waals surface area (Å²) in [4.78, 5) is 12.3. The molecule has 0 saturated heterocycles. The molecule has 1 fully saturated rings. The van der Waals surface area contributed by atoms with Crippen molar-refractivity contribution in [3.63, 3.8) is 0 Å². The van der Waals surface area contributed by atoms with Crippen LogP contribution in [0.3, 0.4) is 0 Å². The summed E-state index contributed by atoms with van der Waals surface area (Å²) in [5.41, 5.74) is 2.21. The Balaban J connectivity index is 1.82. The quantitative estimate of drug-likeness (QED) is 0.944. The van der Waals surface area contributed by atoms with Crippen molar-refractivity contribution in [3.8, 4) is 0 Å². The van der Waals surface area contributed by atoms with Gasteiger partial charge in [0.15, 0.2) is 0 Å². The number of nitrogens with zero attached hydrogens (tertiary/aromatic N) is 2. The molecule has 1 heterocycles. The van der Waals surface area contributed by atoms with Crippen LogP contribution in [-0.2, 0) is 12.6 Å². The Kier molecular flexibility index (Phi) is 3.05. The van der Waals surface area contributed by atoms with E-state index in [4.69, 9.17) is 11.6 Å². The number of carbonyl (C=O) groups excluding carboxylic acids is 1. The van der Waals surface area contributed by atoms with Gasteiger partial charge in [-0.05, 0) is 43.5 Å². The zero-order valence-electron chi connectivity index (χ0n) is 11.5. The van der Waals surface area contributed by atoms with E-state index < -0.39 is 0 Å². The maximum Gasteiger partial charge on any atom is 0.272 e. The van der Waals surface area contributed by atoms with Crippen LogP contribution in [0.5, 0.6) is 0 Å². The third-order valence-corrected chi connectivity index (χ3v) is 4.06. The molecule has 0 radical (unpaired) electrons. The molecule has 4 nitrogen and oxygen atoms in total. The van der Waals surface area contributed by atoms with E-state index in [0.717, 1.165) is 24.1 Å². The highest BCUT2D eigenvalue weighted by atomic mass is 35.5. The first-order valence-electron chi connectivity index (χ1n) is 6.59. The van der Waals surface area contributed by atoms with Gasteiger partial charge < -0.3 is 5.32 Å². The lowest BCUT2D eigenvalue weighted by atomic mass is 10.0. The molecule has 1 amide bonds. The first-order valence-corrected chi connectivity index (χ1v) is 6.97. The smallest absolute Gasteiger partial charge is 0.272 e. The fraction of sp³-hybridized carbons (Fsp3) is 0.333. The second-order valence-corrected chi connectivity index (χ2v) is 5.78. The molecule has 1 N–H and O–H groups in total. The van der Waals surface area contributed by atoms with Gasteiger partial charge in [-0.25, -0.2) is 0 Å². The molecule has 1 aromatic carbocycles. The maximum atomic E-state index is 12.3. The summed E-state index contributed by atoms with van der Waals surface area (Å²) in [6.45, 7) is 1.92. The van der Waals surface area contributed by atoms with Gasteiger partial charge in [0.2, 0.25) is 0 Å². The lowest BCUT2D eigenvalue weighted by Gasteiger charge is -2.17. The number of amides is 1. The van der Waals surface area contributed by atoms with Gasteiger partial charge in [0, 0.05) is 17.8 Å². The molecule has 0 unspecified atom stereocenters. The minimum absolute atomic E-state index is 0.133. The Morgan fingerprint density at radius 3 is 2.70 bits per heavy atom. The molecule has 5 heteroatoms. The highest BCUT2D eigenvalue weighted by molar-refractivity contribution is 6.30. The Morgan fingerprint density at radius 2 is 2.15 bits per heavy atom. The first kappa shape index (κ1) is 13.2. The van der Waals surface area contributed by atoms with Crippen LogP contribution in [-0.4, -0.2) is 15.7 Å². The lowest BCUT2D eigenvalue weighted by molar-refractivity contribution is 0.0925. The number of aryl methyl sites for hydroxylation is 2. The van der Waals surface area contributed by atoms with Gasteiger partial charge in [0.25, 0.3) is 5.91 Å². The van der Waals surface area contributed by atoms with Crippen LogP contribution in [0.4, 0.5) is 0 Å². The second kappa shape index (κ2) is 4.63. The normalized spacial score (nSPS) is 15.9. The first-order chi connectivity index (χ1) is 9.50. The average Bonchev–Trinajstić information content (AvgIpc) is 3.11. The van der Waals surface area contributed by atoms with Crippen molar-refractivity contribution in [2.45, 2.75) is 25.3 Å². The van der Waals surface area contributed by atoms with Gasteiger partial charge in [-0.3, -0.25) is 9.48 Å². The number of hydrogen-bond acceptors (Lipinski definition) is 2. The van der Waals surface area contributed by atoms with Gasteiger partial charge in [-0.2, -0.15) is 5.10 Å². The van der Waals surface area contributed by atoms with Crippen molar-refractivity contribution in [3.05, 3.63) is 52.3 Å². The fourth-order valence-electron chi connectivity index (χ4n) is 2.35. The number of benzene rings is 1. The van der Waals surface area contributed by atoms with Gasteiger partial charge >= 0.3 is 0 Å². The zero-order valence-corrected chi connectivity index (χ0v) is 12.2. The van der Waals surface area contributed by atoms with Crippen LogP contribution in [0.15, 0.2) is 30.3 Å². The van der Waals surface area contributed by atoms with E-state index in [2.05, 4.69) is 10.4 Å². The van der Waals surface area contributed by atoms with Crippen molar-refractivity contribution in [2.75, 3.05) is 0 Å². The molecular formula is C15H16ClN3O. The molecule has 1 aromatic heterocycles. The highest BCUT2D eigenvalue weighted by Crippen LogP contribution is 2.46. The Morgan fingerprint density at radius 1 is 1.40 bits per heavy atom. The molecule has 1 aliphatic carbocycles. The SMILES string of the molecule is Cc1cc(C(=O)NC2(c3cccc(Cl)c3)CC2)nn1C. The summed E-state index contributed by atoms with van der Waals surface area (Å²) in [7, 11) is 1.83. The minimum atomic E-state index is -0.270. The fourth-order valence-corrected chi connectivity index (χ4v) is 2.54. The summed E-state index contributed by atoms with van der Waals surface area (Å²) in [6.07, 6.45) is 1.87. The van der Waals surface area contributed by atoms with Gasteiger partial charge in [-0.1, -0.05) is 23.7 Å². The molecule has 1 saturated carbocycles. The summed E-state index contributed by atoms with van der Waals surface area (Å²) in [5, 5.41) is 8.00.